The molecule has 0 spiro atoms. The Morgan fingerprint density at radius 3 is 2.95 bits per heavy atom. The van der Waals surface area contributed by atoms with Crippen LogP contribution in [0.2, 0.25) is 0 Å². The Balaban J connectivity index is 1.39. The van der Waals surface area contributed by atoms with Gasteiger partial charge in [0.25, 0.3) is 0 Å². The predicted octanol–water partition coefficient (Wildman–Crippen LogP) is 2.83. The number of halogens is 1. The number of nitrogens with one attached hydrogen (secondary N) is 1. The molecule has 1 aromatic rings. The van der Waals surface area contributed by atoms with Crippen LogP contribution in [-0.2, 0) is 6.42 Å². The number of rotatable bonds is 6. The maximum atomic E-state index is 13.1. The number of nitrogens with zero attached hydrogens (tertiary/aromatic N) is 1. The Bertz CT molecular complexity index is 444. The monoisotopic (exact) mass is 276 g/mol. The first-order chi connectivity index (χ1) is 9.70. The van der Waals surface area contributed by atoms with Crippen LogP contribution in [0.5, 0.6) is 0 Å². The van der Waals surface area contributed by atoms with Gasteiger partial charge in [-0.1, -0.05) is 12.1 Å². The Labute approximate surface area is 121 Å². The zero-order valence-electron chi connectivity index (χ0n) is 12.3. The van der Waals surface area contributed by atoms with Crippen molar-refractivity contribution in [3.63, 3.8) is 0 Å². The van der Waals surface area contributed by atoms with Crippen molar-refractivity contribution in [2.24, 2.45) is 5.92 Å². The van der Waals surface area contributed by atoms with E-state index in [-0.39, 0.29) is 5.82 Å². The van der Waals surface area contributed by atoms with Crippen LogP contribution in [0.1, 0.15) is 31.7 Å². The van der Waals surface area contributed by atoms with Crippen LogP contribution < -0.4 is 5.32 Å². The van der Waals surface area contributed by atoms with Crippen molar-refractivity contribution in [2.75, 3.05) is 19.6 Å². The normalized spacial score (nSPS) is 25.0. The minimum atomic E-state index is -0.134. The summed E-state index contributed by atoms with van der Waals surface area (Å²) in [5, 5.41) is 3.62. The summed E-state index contributed by atoms with van der Waals surface area (Å²) in [5.74, 6) is 0.663. The SMILES string of the molecule is CC(Cc1cccc(F)c1)NCC1CCN(C2CC2)C1. The van der Waals surface area contributed by atoms with Crippen LogP contribution in [0, 0.1) is 11.7 Å². The van der Waals surface area contributed by atoms with Crippen molar-refractivity contribution < 1.29 is 4.39 Å². The highest BCUT2D eigenvalue weighted by molar-refractivity contribution is 5.17. The summed E-state index contributed by atoms with van der Waals surface area (Å²) in [4.78, 5) is 2.66. The third-order valence-electron chi connectivity index (χ3n) is 4.57. The first-order valence-electron chi connectivity index (χ1n) is 7.92. The van der Waals surface area contributed by atoms with E-state index in [0.29, 0.717) is 6.04 Å². The molecule has 2 unspecified atom stereocenters. The standard InChI is InChI=1S/C17H25FN2/c1-13(9-14-3-2-4-16(18)10-14)19-11-15-7-8-20(12-15)17-5-6-17/h2-4,10,13,15,17,19H,5-9,11-12H2,1H3. The van der Waals surface area contributed by atoms with Gasteiger partial charge in [0.05, 0.1) is 0 Å². The van der Waals surface area contributed by atoms with Crippen molar-refractivity contribution in [2.45, 2.75) is 44.7 Å². The number of likely N-dealkylation sites (tertiary alicyclic amines) is 1. The number of benzene rings is 1. The molecule has 2 nitrogen and oxygen atoms in total. The molecule has 0 bridgehead atoms. The fourth-order valence-corrected chi connectivity index (χ4v) is 3.26. The molecule has 2 atom stereocenters. The second-order valence-electron chi connectivity index (χ2n) is 6.52. The molecule has 1 aliphatic carbocycles. The lowest BCUT2D eigenvalue weighted by Crippen LogP contribution is -2.34. The highest BCUT2D eigenvalue weighted by Gasteiger charge is 2.34. The minimum absolute atomic E-state index is 0.134. The zero-order valence-corrected chi connectivity index (χ0v) is 12.3. The molecule has 0 aromatic heterocycles. The summed E-state index contributed by atoms with van der Waals surface area (Å²) in [7, 11) is 0. The predicted molar refractivity (Wildman–Crippen MR) is 80.3 cm³/mol. The third-order valence-corrected chi connectivity index (χ3v) is 4.57. The Hall–Kier alpha value is -0.930. The first-order valence-corrected chi connectivity index (χ1v) is 7.92. The molecule has 1 saturated carbocycles. The quantitative estimate of drug-likeness (QED) is 0.859. The summed E-state index contributed by atoms with van der Waals surface area (Å²) in [6.45, 7) is 5.85. The van der Waals surface area contributed by atoms with E-state index in [1.807, 2.05) is 6.07 Å². The van der Waals surface area contributed by atoms with Gasteiger partial charge in [0.15, 0.2) is 0 Å². The highest BCUT2D eigenvalue weighted by atomic mass is 19.1. The molecule has 2 fully saturated rings. The topological polar surface area (TPSA) is 15.3 Å². The molecule has 110 valence electrons. The van der Waals surface area contributed by atoms with Gasteiger partial charge < -0.3 is 10.2 Å². The van der Waals surface area contributed by atoms with Crippen molar-refractivity contribution >= 4 is 0 Å². The van der Waals surface area contributed by atoms with Crippen LogP contribution in [-0.4, -0.2) is 36.6 Å². The van der Waals surface area contributed by atoms with Crippen LogP contribution in [0.25, 0.3) is 0 Å². The van der Waals surface area contributed by atoms with E-state index >= 15 is 0 Å². The van der Waals surface area contributed by atoms with E-state index in [0.717, 1.165) is 30.5 Å². The smallest absolute Gasteiger partial charge is 0.123 e. The minimum Gasteiger partial charge on any atom is -0.314 e. The average Bonchev–Trinajstić information content (AvgIpc) is 3.16. The van der Waals surface area contributed by atoms with E-state index in [4.69, 9.17) is 0 Å². The van der Waals surface area contributed by atoms with Gasteiger partial charge in [-0.15, -0.1) is 0 Å². The maximum absolute atomic E-state index is 13.1. The zero-order chi connectivity index (χ0) is 13.9. The lowest BCUT2D eigenvalue weighted by molar-refractivity contribution is 0.309. The molecule has 3 heteroatoms. The second-order valence-corrected chi connectivity index (χ2v) is 6.52. The van der Waals surface area contributed by atoms with Crippen LogP contribution in [0.15, 0.2) is 24.3 Å². The summed E-state index contributed by atoms with van der Waals surface area (Å²) >= 11 is 0. The van der Waals surface area contributed by atoms with Crippen LogP contribution >= 0.6 is 0 Å². The van der Waals surface area contributed by atoms with E-state index < -0.39 is 0 Å². The fourth-order valence-electron chi connectivity index (χ4n) is 3.26. The highest BCUT2D eigenvalue weighted by Crippen LogP contribution is 2.31. The van der Waals surface area contributed by atoms with Gasteiger partial charge in [-0.2, -0.15) is 0 Å². The van der Waals surface area contributed by atoms with Crippen molar-refractivity contribution in [1.82, 2.24) is 10.2 Å². The molecule has 3 rings (SSSR count). The Morgan fingerprint density at radius 1 is 1.35 bits per heavy atom. The van der Waals surface area contributed by atoms with Crippen molar-refractivity contribution in [3.05, 3.63) is 35.6 Å². The van der Waals surface area contributed by atoms with Crippen LogP contribution in [0.4, 0.5) is 4.39 Å². The molecule has 0 radical (unpaired) electrons. The Morgan fingerprint density at radius 2 is 2.20 bits per heavy atom. The third kappa shape index (κ3) is 3.80. The van der Waals surface area contributed by atoms with Crippen molar-refractivity contribution in [3.8, 4) is 0 Å². The summed E-state index contributed by atoms with van der Waals surface area (Å²) in [5.41, 5.74) is 1.08. The second kappa shape index (κ2) is 6.23. The van der Waals surface area contributed by atoms with Gasteiger partial charge in [-0.05, 0) is 69.3 Å². The molecule has 2 aliphatic rings. The van der Waals surface area contributed by atoms with Crippen LogP contribution in [0.3, 0.4) is 0 Å². The van der Waals surface area contributed by atoms with E-state index in [1.54, 1.807) is 12.1 Å². The van der Waals surface area contributed by atoms with E-state index in [9.17, 15) is 4.39 Å². The first kappa shape index (κ1) is 14.0. The van der Waals surface area contributed by atoms with Crippen molar-refractivity contribution in [1.29, 1.82) is 0 Å². The lowest BCUT2D eigenvalue weighted by atomic mass is 10.1. The molecular formula is C17H25FN2. The van der Waals surface area contributed by atoms with Gasteiger partial charge >= 0.3 is 0 Å². The fraction of sp³-hybridized carbons (Fsp3) is 0.647. The molecule has 0 amide bonds. The van der Waals surface area contributed by atoms with E-state index in [2.05, 4.69) is 17.1 Å². The number of hydrogen-bond acceptors (Lipinski definition) is 2. The molecule has 1 saturated heterocycles. The van der Waals surface area contributed by atoms with Gasteiger partial charge in [0.2, 0.25) is 0 Å². The molecule has 1 N–H and O–H groups in total. The van der Waals surface area contributed by atoms with E-state index in [1.165, 1.54) is 38.4 Å². The average molecular weight is 276 g/mol. The summed E-state index contributed by atoms with van der Waals surface area (Å²) in [6.07, 6.45) is 5.05. The molecular weight excluding hydrogens is 251 g/mol. The summed E-state index contributed by atoms with van der Waals surface area (Å²) < 4.78 is 13.1. The molecule has 1 aliphatic heterocycles. The van der Waals surface area contributed by atoms with Gasteiger partial charge in [0.1, 0.15) is 5.82 Å². The van der Waals surface area contributed by atoms with Gasteiger partial charge in [-0.3, -0.25) is 0 Å². The Kier molecular flexibility index (Phi) is 4.37. The lowest BCUT2D eigenvalue weighted by Gasteiger charge is -2.18. The van der Waals surface area contributed by atoms with Gasteiger partial charge in [-0.25, -0.2) is 4.39 Å². The largest absolute Gasteiger partial charge is 0.314 e. The maximum Gasteiger partial charge on any atom is 0.123 e. The molecule has 1 aromatic carbocycles. The number of hydrogen-bond donors (Lipinski definition) is 1. The molecule has 20 heavy (non-hydrogen) atoms. The van der Waals surface area contributed by atoms with Gasteiger partial charge in [0, 0.05) is 18.6 Å². The molecule has 1 heterocycles. The summed E-state index contributed by atoms with van der Waals surface area (Å²) in [6, 6.07) is 8.26.